The van der Waals surface area contributed by atoms with Crippen molar-refractivity contribution in [3.05, 3.63) is 66.0 Å². The summed E-state index contributed by atoms with van der Waals surface area (Å²) in [4.78, 5) is 21.7. The highest BCUT2D eigenvalue weighted by Crippen LogP contribution is 2.20. The standard InChI is InChI=1S/C24H30N4O/c1-19(2)16-24(29)27-14-12-26(13-15-27)18-23-25-21-10-6-7-11-22(21)28(23)17-20-8-4-3-5-9-20/h3-11,19H,12-18H2,1-2H3. The van der Waals surface area contributed by atoms with Crippen LogP contribution < -0.4 is 0 Å². The lowest BCUT2D eigenvalue weighted by molar-refractivity contribution is -0.133. The molecule has 0 atom stereocenters. The van der Waals surface area contributed by atoms with Crippen LogP contribution in [0.4, 0.5) is 0 Å². The average Bonchev–Trinajstić information content (AvgIpc) is 3.06. The lowest BCUT2D eigenvalue weighted by atomic mass is 10.1. The minimum Gasteiger partial charge on any atom is -0.340 e. The normalized spacial score (nSPS) is 15.3. The minimum absolute atomic E-state index is 0.288. The predicted octanol–water partition coefficient (Wildman–Crippen LogP) is 3.77. The fourth-order valence-corrected chi connectivity index (χ4v) is 4.02. The van der Waals surface area contributed by atoms with E-state index >= 15 is 0 Å². The fraction of sp³-hybridized carbons (Fsp3) is 0.417. The van der Waals surface area contributed by atoms with E-state index in [1.165, 1.54) is 11.1 Å². The van der Waals surface area contributed by atoms with Crippen molar-refractivity contribution >= 4 is 16.9 Å². The Morgan fingerprint density at radius 1 is 0.931 bits per heavy atom. The van der Waals surface area contributed by atoms with Crippen LogP contribution in [0.2, 0.25) is 0 Å². The van der Waals surface area contributed by atoms with Crippen molar-refractivity contribution in [3.8, 4) is 0 Å². The molecule has 5 nitrogen and oxygen atoms in total. The number of imidazole rings is 1. The molecule has 0 spiro atoms. The van der Waals surface area contributed by atoms with Crippen LogP contribution in [0.5, 0.6) is 0 Å². The van der Waals surface area contributed by atoms with E-state index in [0.29, 0.717) is 12.3 Å². The first-order valence-corrected chi connectivity index (χ1v) is 10.6. The third-order valence-corrected chi connectivity index (χ3v) is 5.59. The number of carbonyl (C=O) groups excluding carboxylic acids is 1. The molecule has 1 amide bonds. The van der Waals surface area contributed by atoms with Crippen LogP contribution in [0.3, 0.4) is 0 Å². The molecular weight excluding hydrogens is 360 g/mol. The Morgan fingerprint density at radius 3 is 2.34 bits per heavy atom. The molecule has 1 aromatic heterocycles. The smallest absolute Gasteiger partial charge is 0.222 e. The summed E-state index contributed by atoms with van der Waals surface area (Å²) in [6.45, 7) is 9.26. The van der Waals surface area contributed by atoms with Gasteiger partial charge in [0.05, 0.1) is 17.6 Å². The van der Waals surface area contributed by atoms with Crippen molar-refractivity contribution in [1.82, 2.24) is 19.4 Å². The van der Waals surface area contributed by atoms with Gasteiger partial charge in [-0.1, -0.05) is 56.3 Å². The Morgan fingerprint density at radius 2 is 1.62 bits per heavy atom. The largest absolute Gasteiger partial charge is 0.340 e. The van der Waals surface area contributed by atoms with E-state index in [1.807, 2.05) is 11.0 Å². The maximum absolute atomic E-state index is 12.3. The summed E-state index contributed by atoms with van der Waals surface area (Å²) in [7, 11) is 0. The highest BCUT2D eigenvalue weighted by Gasteiger charge is 2.23. The van der Waals surface area contributed by atoms with Gasteiger partial charge in [-0.3, -0.25) is 9.69 Å². The molecule has 2 heterocycles. The predicted molar refractivity (Wildman–Crippen MR) is 117 cm³/mol. The third kappa shape index (κ3) is 4.67. The second-order valence-corrected chi connectivity index (χ2v) is 8.34. The van der Waals surface area contributed by atoms with Gasteiger partial charge in [0.2, 0.25) is 5.91 Å². The zero-order valence-corrected chi connectivity index (χ0v) is 17.4. The summed E-state index contributed by atoms with van der Waals surface area (Å²) in [5, 5.41) is 0. The van der Waals surface area contributed by atoms with Gasteiger partial charge in [0.15, 0.2) is 0 Å². The van der Waals surface area contributed by atoms with Crippen molar-refractivity contribution in [3.63, 3.8) is 0 Å². The number of amides is 1. The summed E-state index contributed by atoms with van der Waals surface area (Å²) < 4.78 is 2.33. The van der Waals surface area contributed by atoms with E-state index in [0.717, 1.165) is 50.6 Å². The van der Waals surface area contributed by atoms with Crippen LogP contribution >= 0.6 is 0 Å². The number of para-hydroxylation sites is 2. The summed E-state index contributed by atoms with van der Waals surface area (Å²) in [6.07, 6.45) is 0.646. The van der Waals surface area contributed by atoms with Crippen molar-refractivity contribution in [1.29, 1.82) is 0 Å². The molecule has 1 saturated heterocycles. The van der Waals surface area contributed by atoms with Crippen molar-refractivity contribution in [2.24, 2.45) is 5.92 Å². The topological polar surface area (TPSA) is 41.4 Å². The Hall–Kier alpha value is -2.66. The molecule has 1 aliphatic heterocycles. The summed E-state index contributed by atoms with van der Waals surface area (Å²) in [5.41, 5.74) is 3.50. The molecule has 0 unspecified atom stereocenters. The van der Waals surface area contributed by atoms with Gasteiger partial charge in [-0.25, -0.2) is 4.98 Å². The number of carbonyl (C=O) groups is 1. The van der Waals surface area contributed by atoms with E-state index in [1.54, 1.807) is 0 Å². The van der Waals surface area contributed by atoms with Crippen molar-refractivity contribution in [2.45, 2.75) is 33.4 Å². The molecule has 0 saturated carbocycles. The Labute approximate surface area is 172 Å². The van der Waals surface area contributed by atoms with Crippen LogP contribution in [-0.2, 0) is 17.9 Å². The Bertz CT molecular complexity index is 955. The molecule has 2 aromatic carbocycles. The van der Waals surface area contributed by atoms with Gasteiger partial charge in [0.25, 0.3) is 0 Å². The van der Waals surface area contributed by atoms with Crippen LogP contribution in [0.1, 0.15) is 31.7 Å². The SMILES string of the molecule is CC(C)CC(=O)N1CCN(Cc2nc3ccccc3n2Cc2ccccc2)CC1. The van der Waals surface area contributed by atoms with Gasteiger partial charge in [0, 0.05) is 39.1 Å². The van der Waals surface area contributed by atoms with Crippen LogP contribution in [0, 0.1) is 5.92 Å². The Balaban J connectivity index is 1.48. The molecule has 1 aliphatic rings. The number of piperazine rings is 1. The minimum atomic E-state index is 0.288. The molecule has 5 heteroatoms. The van der Waals surface area contributed by atoms with Crippen molar-refractivity contribution in [2.75, 3.05) is 26.2 Å². The molecule has 0 radical (unpaired) electrons. The number of hydrogen-bond acceptors (Lipinski definition) is 3. The number of hydrogen-bond donors (Lipinski definition) is 0. The van der Waals surface area contributed by atoms with E-state index in [-0.39, 0.29) is 5.91 Å². The first kappa shape index (κ1) is 19.6. The zero-order chi connectivity index (χ0) is 20.2. The molecule has 0 bridgehead atoms. The van der Waals surface area contributed by atoms with Gasteiger partial charge in [-0.05, 0) is 23.6 Å². The summed E-state index contributed by atoms with van der Waals surface area (Å²) >= 11 is 0. The van der Waals surface area contributed by atoms with Gasteiger partial charge < -0.3 is 9.47 Å². The van der Waals surface area contributed by atoms with E-state index in [4.69, 9.17) is 4.98 Å². The first-order valence-electron chi connectivity index (χ1n) is 10.6. The molecule has 3 aromatic rings. The highest BCUT2D eigenvalue weighted by atomic mass is 16.2. The molecule has 1 fully saturated rings. The molecule has 29 heavy (non-hydrogen) atoms. The number of aromatic nitrogens is 2. The zero-order valence-electron chi connectivity index (χ0n) is 17.4. The number of fused-ring (bicyclic) bond motifs is 1. The number of nitrogens with zero attached hydrogens (tertiary/aromatic N) is 4. The van der Waals surface area contributed by atoms with E-state index in [2.05, 4.69) is 71.8 Å². The summed E-state index contributed by atoms with van der Waals surface area (Å²) in [5.74, 6) is 1.80. The van der Waals surface area contributed by atoms with E-state index in [9.17, 15) is 4.79 Å². The lowest BCUT2D eigenvalue weighted by Gasteiger charge is -2.35. The van der Waals surface area contributed by atoms with Crippen LogP contribution in [-0.4, -0.2) is 51.4 Å². The van der Waals surface area contributed by atoms with Crippen molar-refractivity contribution < 1.29 is 4.79 Å². The molecule has 0 N–H and O–H groups in total. The van der Waals surface area contributed by atoms with Gasteiger partial charge >= 0.3 is 0 Å². The quantitative estimate of drug-likeness (QED) is 0.643. The number of rotatable bonds is 6. The van der Waals surface area contributed by atoms with Gasteiger partial charge in [-0.2, -0.15) is 0 Å². The maximum atomic E-state index is 12.3. The average molecular weight is 391 g/mol. The molecule has 4 rings (SSSR count). The third-order valence-electron chi connectivity index (χ3n) is 5.59. The summed E-state index contributed by atoms with van der Waals surface area (Å²) in [6, 6.07) is 18.9. The molecular formula is C24H30N4O. The first-order chi connectivity index (χ1) is 14.1. The second kappa shape index (κ2) is 8.78. The highest BCUT2D eigenvalue weighted by molar-refractivity contribution is 5.77. The number of benzene rings is 2. The van der Waals surface area contributed by atoms with Gasteiger partial charge in [0.1, 0.15) is 5.82 Å². The molecule has 152 valence electrons. The molecule has 0 aliphatic carbocycles. The van der Waals surface area contributed by atoms with Crippen LogP contribution in [0.15, 0.2) is 54.6 Å². The monoisotopic (exact) mass is 390 g/mol. The second-order valence-electron chi connectivity index (χ2n) is 8.34. The van der Waals surface area contributed by atoms with Gasteiger partial charge in [-0.15, -0.1) is 0 Å². The Kier molecular flexibility index (Phi) is 5.95. The fourth-order valence-electron chi connectivity index (χ4n) is 4.02. The lowest BCUT2D eigenvalue weighted by Crippen LogP contribution is -2.48. The van der Waals surface area contributed by atoms with E-state index < -0.39 is 0 Å². The van der Waals surface area contributed by atoms with Crippen LogP contribution in [0.25, 0.3) is 11.0 Å². The maximum Gasteiger partial charge on any atom is 0.222 e.